The minimum absolute atomic E-state index is 0.127. The molecule has 0 unspecified atom stereocenters. The molecule has 92 valence electrons. The monoisotopic (exact) mass is 254 g/mol. The summed E-state index contributed by atoms with van der Waals surface area (Å²) >= 11 is 1.37. The number of nitrogens with one attached hydrogen (secondary N) is 1. The highest BCUT2D eigenvalue weighted by Gasteiger charge is 2.11. The molecule has 0 heterocycles. The first kappa shape index (κ1) is 13.5. The van der Waals surface area contributed by atoms with E-state index in [1.165, 1.54) is 18.7 Å². The summed E-state index contributed by atoms with van der Waals surface area (Å²) in [6, 6.07) is 6.27. The van der Waals surface area contributed by atoms with Crippen LogP contribution in [0.5, 0.6) is 0 Å². The molecular formula is C11H14N2O3S. The van der Waals surface area contributed by atoms with Gasteiger partial charge in [0.1, 0.15) is 6.04 Å². The Morgan fingerprint density at radius 3 is 2.47 bits per heavy atom. The van der Waals surface area contributed by atoms with Crippen LogP contribution >= 0.6 is 11.8 Å². The molecule has 1 aromatic carbocycles. The molecule has 0 bridgehead atoms. The Kier molecular flexibility index (Phi) is 4.99. The molecule has 0 fully saturated rings. The molecule has 0 aliphatic heterocycles. The Balaban J connectivity index is 2.51. The summed E-state index contributed by atoms with van der Waals surface area (Å²) < 4.78 is 0. The number of carbonyl (C=O) groups is 2. The molecule has 4 N–H and O–H groups in total. The predicted molar refractivity (Wildman–Crippen MR) is 67.1 cm³/mol. The van der Waals surface area contributed by atoms with Crippen molar-refractivity contribution < 1.29 is 14.7 Å². The molecule has 1 rings (SSSR count). The maximum absolute atomic E-state index is 10.8. The highest BCUT2D eigenvalue weighted by Crippen LogP contribution is 2.20. The van der Waals surface area contributed by atoms with Gasteiger partial charge in [0.25, 0.3) is 0 Å². The molecule has 6 heteroatoms. The van der Waals surface area contributed by atoms with Crippen LogP contribution in [-0.4, -0.2) is 28.8 Å². The van der Waals surface area contributed by atoms with Crippen LogP contribution in [0.4, 0.5) is 5.69 Å². The molecule has 0 saturated heterocycles. The summed E-state index contributed by atoms with van der Waals surface area (Å²) in [5.41, 5.74) is 6.10. The second-order valence-corrected chi connectivity index (χ2v) is 4.55. The van der Waals surface area contributed by atoms with E-state index >= 15 is 0 Å². The van der Waals surface area contributed by atoms with Gasteiger partial charge in [0.2, 0.25) is 5.91 Å². The number of carboxylic acids is 1. The van der Waals surface area contributed by atoms with E-state index in [-0.39, 0.29) is 5.91 Å². The number of carbonyl (C=O) groups excluding carboxylic acids is 1. The van der Waals surface area contributed by atoms with E-state index in [1.54, 1.807) is 12.1 Å². The van der Waals surface area contributed by atoms with Gasteiger partial charge >= 0.3 is 5.97 Å². The van der Waals surface area contributed by atoms with Crippen LogP contribution < -0.4 is 11.1 Å². The van der Waals surface area contributed by atoms with Gasteiger partial charge in [-0.2, -0.15) is 0 Å². The quantitative estimate of drug-likeness (QED) is 0.685. The van der Waals surface area contributed by atoms with Crippen LogP contribution in [0, 0.1) is 0 Å². The van der Waals surface area contributed by atoms with Crippen LogP contribution in [0.1, 0.15) is 6.92 Å². The number of rotatable bonds is 5. The number of thioether (sulfide) groups is 1. The lowest BCUT2D eigenvalue weighted by atomic mass is 10.3. The zero-order valence-corrected chi connectivity index (χ0v) is 10.2. The summed E-state index contributed by atoms with van der Waals surface area (Å²) in [7, 11) is 0. The molecule has 0 saturated carbocycles. The number of benzene rings is 1. The lowest BCUT2D eigenvalue weighted by Crippen LogP contribution is -2.32. The van der Waals surface area contributed by atoms with Gasteiger partial charge in [-0.15, -0.1) is 11.8 Å². The molecule has 1 aromatic rings. The second-order valence-electron chi connectivity index (χ2n) is 3.46. The Morgan fingerprint density at radius 1 is 1.41 bits per heavy atom. The standard InChI is InChI=1S/C11H14N2O3S/c1-7(14)13-8-2-4-9(5-3-8)17-6-10(12)11(15)16/h2-5,10H,6,12H2,1H3,(H,13,14)(H,15,16)/t10-/m0/s1. The average molecular weight is 254 g/mol. The summed E-state index contributed by atoms with van der Waals surface area (Å²) in [4.78, 5) is 22.2. The largest absolute Gasteiger partial charge is 0.480 e. The van der Waals surface area contributed by atoms with Crippen molar-refractivity contribution in [2.75, 3.05) is 11.1 Å². The molecule has 0 radical (unpaired) electrons. The zero-order chi connectivity index (χ0) is 12.8. The van der Waals surface area contributed by atoms with E-state index < -0.39 is 12.0 Å². The molecule has 17 heavy (non-hydrogen) atoms. The molecule has 1 atom stereocenters. The smallest absolute Gasteiger partial charge is 0.321 e. The summed E-state index contributed by atoms with van der Waals surface area (Å²) in [5, 5.41) is 11.3. The molecular weight excluding hydrogens is 240 g/mol. The topological polar surface area (TPSA) is 92.4 Å². The predicted octanol–water partition coefficient (Wildman–Crippen LogP) is 1.15. The van der Waals surface area contributed by atoms with Gasteiger partial charge in [-0.1, -0.05) is 0 Å². The van der Waals surface area contributed by atoms with Crippen molar-refractivity contribution in [1.82, 2.24) is 0 Å². The number of nitrogens with two attached hydrogens (primary N) is 1. The van der Waals surface area contributed by atoms with E-state index in [0.29, 0.717) is 11.4 Å². The minimum Gasteiger partial charge on any atom is -0.480 e. The van der Waals surface area contributed by atoms with Crippen LogP contribution in [0.15, 0.2) is 29.2 Å². The van der Waals surface area contributed by atoms with Gasteiger partial charge in [-0.05, 0) is 24.3 Å². The number of hydrogen-bond acceptors (Lipinski definition) is 4. The molecule has 1 amide bonds. The third-order valence-corrected chi connectivity index (χ3v) is 3.05. The lowest BCUT2D eigenvalue weighted by molar-refractivity contribution is -0.137. The fourth-order valence-corrected chi connectivity index (χ4v) is 1.94. The van der Waals surface area contributed by atoms with Crippen LogP contribution in [0.2, 0.25) is 0 Å². The molecule has 0 aliphatic carbocycles. The van der Waals surface area contributed by atoms with Gasteiger partial charge in [0.05, 0.1) is 0 Å². The van der Waals surface area contributed by atoms with E-state index in [1.807, 2.05) is 12.1 Å². The highest BCUT2D eigenvalue weighted by molar-refractivity contribution is 7.99. The number of amides is 1. The van der Waals surface area contributed by atoms with Gasteiger partial charge in [-0.3, -0.25) is 9.59 Å². The first-order valence-corrected chi connectivity index (χ1v) is 5.96. The molecule has 5 nitrogen and oxygen atoms in total. The normalized spacial score (nSPS) is 11.9. The van der Waals surface area contributed by atoms with E-state index in [0.717, 1.165) is 4.90 Å². The Hall–Kier alpha value is -1.53. The summed E-state index contributed by atoms with van der Waals surface area (Å²) in [5.74, 6) is -0.819. The zero-order valence-electron chi connectivity index (χ0n) is 9.34. The number of carboxylic acid groups (broad SMARTS) is 1. The summed E-state index contributed by atoms with van der Waals surface area (Å²) in [6.45, 7) is 1.44. The summed E-state index contributed by atoms with van der Waals surface area (Å²) in [6.07, 6.45) is 0. The third kappa shape index (κ3) is 4.88. The lowest BCUT2D eigenvalue weighted by Gasteiger charge is -2.07. The van der Waals surface area contributed by atoms with Crippen molar-refractivity contribution in [1.29, 1.82) is 0 Å². The number of anilines is 1. The Labute approximate surface area is 103 Å². The minimum atomic E-state index is -1.01. The molecule has 0 aliphatic rings. The van der Waals surface area contributed by atoms with Crippen molar-refractivity contribution in [3.63, 3.8) is 0 Å². The van der Waals surface area contributed by atoms with Crippen LogP contribution in [0.3, 0.4) is 0 Å². The van der Waals surface area contributed by atoms with Crippen molar-refractivity contribution in [2.24, 2.45) is 5.73 Å². The maximum Gasteiger partial charge on any atom is 0.321 e. The Bertz CT molecular complexity index is 406. The van der Waals surface area contributed by atoms with Crippen molar-refractivity contribution in [3.05, 3.63) is 24.3 Å². The SMILES string of the molecule is CC(=O)Nc1ccc(SC[C@H](N)C(=O)O)cc1. The van der Waals surface area contributed by atoms with E-state index in [4.69, 9.17) is 10.8 Å². The van der Waals surface area contributed by atoms with Crippen molar-refractivity contribution in [2.45, 2.75) is 17.9 Å². The van der Waals surface area contributed by atoms with Gasteiger partial charge in [0, 0.05) is 23.3 Å². The van der Waals surface area contributed by atoms with Crippen LogP contribution in [-0.2, 0) is 9.59 Å². The first-order chi connectivity index (χ1) is 7.99. The second kappa shape index (κ2) is 6.27. The molecule has 0 spiro atoms. The third-order valence-electron chi connectivity index (χ3n) is 1.92. The molecule has 0 aromatic heterocycles. The highest BCUT2D eigenvalue weighted by atomic mass is 32.2. The van der Waals surface area contributed by atoms with E-state index in [2.05, 4.69) is 5.32 Å². The Morgan fingerprint density at radius 2 is 2.00 bits per heavy atom. The van der Waals surface area contributed by atoms with Crippen molar-refractivity contribution in [3.8, 4) is 0 Å². The average Bonchev–Trinajstić information content (AvgIpc) is 2.26. The van der Waals surface area contributed by atoms with Gasteiger partial charge in [0.15, 0.2) is 0 Å². The van der Waals surface area contributed by atoms with E-state index in [9.17, 15) is 9.59 Å². The van der Waals surface area contributed by atoms with Crippen molar-refractivity contribution >= 4 is 29.3 Å². The van der Waals surface area contributed by atoms with Crippen LogP contribution in [0.25, 0.3) is 0 Å². The number of hydrogen-bond donors (Lipinski definition) is 3. The first-order valence-electron chi connectivity index (χ1n) is 4.98. The van der Waals surface area contributed by atoms with Gasteiger partial charge in [-0.25, -0.2) is 0 Å². The fourth-order valence-electron chi connectivity index (χ4n) is 1.10. The maximum atomic E-state index is 10.8. The fraction of sp³-hybridized carbons (Fsp3) is 0.273. The number of aliphatic carboxylic acids is 1. The van der Waals surface area contributed by atoms with Gasteiger partial charge < -0.3 is 16.2 Å².